The number of nitrogens with two attached hydrogens (primary N) is 1. The monoisotopic (exact) mass is 612 g/mol. The second kappa shape index (κ2) is 10.1. The first kappa shape index (κ1) is 26.8. The molecule has 0 radical (unpaired) electrons. The molecule has 4 nitrogen and oxygen atoms in total. The lowest BCUT2D eigenvalue weighted by Gasteiger charge is -2.24. The van der Waals surface area contributed by atoms with Crippen LogP contribution in [-0.2, 0) is 0 Å². The normalized spacial score (nSPS) is 12.7. The first-order chi connectivity index (χ1) is 23.7. The van der Waals surface area contributed by atoms with Gasteiger partial charge in [0.25, 0.3) is 0 Å². The van der Waals surface area contributed by atoms with Crippen molar-refractivity contribution in [2.45, 2.75) is 5.92 Å². The highest BCUT2D eigenvalue weighted by atomic mass is 15.1. The van der Waals surface area contributed by atoms with Crippen LogP contribution in [0.1, 0.15) is 17.0 Å². The molecule has 1 aliphatic rings. The molecule has 0 saturated heterocycles. The summed E-state index contributed by atoms with van der Waals surface area (Å²) in [6.07, 6.45) is 3.45. The maximum atomic E-state index is 8.84. The van der Waals surface area contributed by atoms with Crippen LogP contribution in [0.4, 0.5) is 5.69 Å². The smallest absolute Gasteiger partial charge is 0.0935 e. The summed E-state index contributed by atoms with van der Waals surface area (Å²) < 4.78 is 0. The predicted molar refractivity (Wildman–Crippen MR) is 201 cm³/mol. The van der Waals surface area contributed by atoms with E-state index in [4.69, 9.17) is 11.1 Å². The van der Waals surface area contributed by atoms with Gasteiger partial charge in [0, 0.05) is 28.8 Å². The van der Waals surface area contributed by atoms with E-state index in [2.05, 4.69) is 113 Å². The van der Waals surface area contributed by atoms with Gasteiger partial charge < -0.3 is 11.1 Å². The number of hydrogen-bond acceptors (Lipinski definition) is 4. The van der Waals surface area contributed by atoms with Crippen LogP contribution in [0, 0.1) is 5.41 Å². The minimum atomic E-state index is -0.347. The number of hydrogen-bond donors (Lipinski definition) is 2. The molecule has 4 heteroatoms. The Balaban J connectivity index is 1.42. The molecule has 0 fully saturated rings. The Labute approximate surface area is 276 Å². The van der Waals surface area contributed by atoms with Crippen LogP contribution >= 0.6 is 0 Å². The molecule has 8 aromatic carbocycles. The lowest BCUT2D eigenvalue weighted by atomic mass is 9.80. The Morgan fingerprint density at radius 2 is 1.23 bits per heavy atom. The summed E-state index contributed by atoms with van der Waals surface area (Å²) in [7, 11) is 0. The summed E-state index contributed by atoms with van der Waals surface area (Å²) in [4.78, 5) is 0. The SMILES string of the molecule is N=CC(c1ccccc1N)c1c2ccccc2c(-c2cnnc3ccccc23)c2cc3c(cc12)-c1cccc2c1c-3cc1ccccc12. The summed E-state index contributed by atoms with van der Waals surface area (Å²) >= 11 is 0. The van der Waals surface area contributed by atoms with Crippen molar-refractivity contribution in [2.24, 2.45) is 0 Å². The molecule has 10 rings (SSSR count). The molecule has 224 valence electrons. The van der Waals surface area contributed by atoms with Crippen molar-refractivity contribution in [1.82, 2.24) is 10.2 Å². The highest BCUT2D eigenvalue weighted by Crippen LogP contribution is 2.53. The molecule has 1 aliphatic carbocycles. The summed E-state index contributed by atoms with van der Waals surface area (Å²) in [6, 6.07) is 47.2. The molecule has 0 spiro atoms. The Bertz CT molecular complexity index is 2830. The van der Waals surface area contributed by atoms with Crippen molar-refractivity contribution in [3.8, 4) is 33.4 Å². The summed E-state index contributed by atoms with van der Waals surface area (Å²) in [5.74, 6) is -0.347. The maximum Gasteiger partial charge on any atom is 0.0935 e. The van der Waals surface area contributed by atoms with E-state index in [0.717, 1.165) is 54.7 Å². The predicted octanol–water partition coefficient (Wildman–Crippen LogP) is 10.9. The van der Waals surface area contributed by atoms with Crippen LogP contribution in [0.5, 0.6) is 0 Å². The first-order valence-corrected chi connectivity index (χ1v) is 16.2. The van der Waals surface area contributed by atoms with E-state index < -0.39 is 0 Å². The van der Waals surface area contributed by atoms with Crippen molar-refractivity contribution in [3.05, 3.63) is 151 Å². The van der Waals surface area contributed by atoms with E-state index in [1.165, 1.54) is 43.8 Å². The van der Waals surface area contributed by atoms with Crippen molar-refractivity contribution in [1.29, 1.82) is 5.41 Å². The van der Waals surface area contributed by atoms with E-state index in [0.29, 0.717) is 5.69 Å². The number of anilines is 1. The van der Waals surface area contributed by atoms with Crippen molar-refractivity contribution >= 4 is 65.9 Å². The van der Waals surface area contributed by atoms with Gasteiger partial charge in [-0.2, -0.15) is 10.2 Å². The van der Waals surface area contributed by atoms with E-state index in [1.807, 2.05) is 36.5 Å². The Kier molecular flexibility index (Phi) is 5.61. The number of rotatable bonds is 4. The number of benzene rings is 8. The average molecular weight is 613 g/mol. The third kappa shape index (κ3) is 3.63. The molecule has 0 aliphatic heterocycles. The molecule has 0 bridgehead atoms. The van der Waals surface area contributed by atoms with Crippen molar-refractivity contribution < 1.29 is 0 Å². The van der Waals surface area contributed by atoms with Gasteiger partial charge in [-0.1, -0.05) is 103 Å². The number of fused-ring (bicyclic) bond motifs is 8. The van der Waals surface area contributed by atoms with Crippen molar-refractivity contribution in [2.75, 3.05) is 5.73 Å². The van der Waals surface area contributed by atoms with Gasteiger partial charge in [0.05, 0.1) is 11.7 Å². The molecule has 1 unspecified atom stereocenters. The van der Waals surface area contributed by atoms with Crippen LogP contribution in [0.15, 0.2) is 140 Å². The van der Waals surface area contributed by atoms with Crippen LogP contribution in [0.3, 0.4) is 0 Å². The Morgan fingerprint density at radius 3 is 2.08 bits per heavy atom. The van der Waals surface area contributed by atoms with Crippen LogP contribution in [-0.4, -0.2) is 16.4 Å². The zero-order valence-corrected chi connectivity index (χ0v) is 25.9. The van der Waals surface area contributed by atoms with Crippen LogP contribution in [0.2, 0.25) is 0 Å². The lowest BCUT2D eigenvalue weighted by molar-refractivity contribution is 1.08. The molecule has 48 heavy (non-hydrogen) atoms. The molecule has 1 heterocycles. The average Bonchev–Trinajstić information content (AvgIpc) is 3.44. The largest absolute Gasteiger partial charge is 0.398 e. The zero-order chi connectivity index (χ0) is 31.9. The standard InChI is InChI=1S/C44H28N4/c45-23-38(27-12-5-7-18-40(27)46)43-30-14-3-4-15-31(30)44(39-24-47-48-41-19-8-6-13-28(39)41)37-22-34-33(21-36(37)43)32-17-9-16-29-26-11-2-1-10-25(26)20-35(34)42(29)32/h1-24,38,45H,46H2. The second-order valence-electron chi connectivity index (χ2n) is 12.7. The lowest BCUT2D eigenvalue weighted by Crippen LogP contribution is -2.08. The van der Waals surface area contributed by atoms with Gasteiger partial charge in [0.15, 0.2) is 0 Å². The summed E-state index contributed by atoms with van der Waals surface area (Å²) in [5.41, 5.74) is 17.3. The zero-order valence-electron chi connectivity index (χ0n) is 25.9. The second-order valence-corrected chi connectivity index (χ2v) is 12.7. The van der Waals surface area contributed by atoms with Gasteiger partial charge >= 0.3 is 0 Å². The van der Waals surface area contributed by atoms with E-state index in [1.54, 1.807) is 6.21 Å². The minimum absolute atomic E-state index is 0.347. The summed E-state index contributed by atoms with van der Waals surface area (Å²) in [5, 5.41) is 28.4. The minimum Gasteiger partial charge on any atom is -0.398 e. The Morgan fingerprint density at radius 1 is 0.542 bits per heavy atom. The number of nitrogens with one attached hydrogen (secondary N) is 1. The highest BCUT2D eigenvalue weighted by molar-refractivity contribution is 6.27. The van der Waals surface area contributed by atoms with E-state index in [-0.39, 0.29) is 5.92 Å². The Hall–Kier alpha value is -6.39. The third-order valence-electron chi connectivity index (χ3n) is 10.3. The summed E-state index contributed by atoms with van der Waals surface area (Å²) in [6.45, 7) is 0. The number of nitrogens with zero attached hydrogens (tertiary/aromatic N) is 2. The third-order valence-corrected chi connectivity index (χ3v) is 10.3. The topological polar surface area (TPSA) is 75.7 Å². The molecule has 9 aromatic rings. The molecule has 0 saturated carbocycles. The van der Waals surface area contributed by atoms with Crippen molar-refractivity contribution in [3.63, 3.8) is 0 Å². The van der Waals surface area contributed by atoms with Gasteiger partial charge in [0.1, 0.15) is 0 Å². The van der Waals surface area contributed by atoms with Gasteiger partial charge in [-0.3, -0.25) is 0 Å². The molecule has 1 atom stereocenters. The fourth-order valence-corrected chi connectivity index (χ4v) is 8.25. The number of aromatic nitrogens is 2. The molecule has 1 aromatic heterocycles. The van der Waals surface area contributed by atoms with Crippen LogP contribution in [0.25, 0.3) is 87.4 Å². The first-order valence-electron chi connectivity index (χ1n) is 16.2. The van der Waals surface area contributed by atoms with Gasteiger partial charge in [0.2, 0.25) is 0 Å². The molecule has 0 amide bonds. The highest BCUT2D eigenvalue weighted by Gasteiger charge is 2.28. The van der Waals surface area contributed by atoms with E-state index in [9.17, 15) is 0 Å². The fourth-order valence-electron chi connectivity index (χ4n) is 8.25. The number of para-hydroxylation sites is 1. The molecule has 3 N–H and O–H groups in total. The van der Waals surface area contributed by atoms with Gasteiger partial charge in [-0.05, 0) is 112 Å². The van der Waals surface area contributed by atoms with Gasteiger partial charge in [-0.15, -0.1) is 0 Å². The fraction of sp³-hybridized carbons (Fsp3) is 0.0227. The van der Waals surface area contributed by atoms with Crippen LogP contribution < -0.4 is 5.73 Å². The molecular weight excluding hydrogens is 585 g/mol. The number of nitrogen functional groups attached to an aromatic ring is 1. The molecular formula is C44H28N4. The van der Waals surface area contributed by atoms with Gasteiger partial charge in [-0.25, -0.2) is 0 Å². The maximum absolute atomic E-state index is 8.84. The quantitative estimate of drug-likeness (QED) is 0.0898. The van der Waals surface area contributed by atoms with E-state index >= 15 is 0 Å².